The first kappa shape index (κ1) is 15.7. The van der Waals surface area contributed by atoms with Crippen LogP contribution >= 0.6 is 11.6 Å². The van der Waals surface area contributed by atoms with Gasteiger partial charge < -0.3 is 5.73 Å². The van der Waals surface area contributed by atoms with Crippen LogP contribution in [0.1, 0.15) is 6.92 Å². The molecule has 8 heteroatoms. The quantitative estimate of drug-likeness (QED) is 0.860. The van der Waals surface area contributed by atoms with E-state index in [-0.39, 0.29) is 22.2 Å². The largest absolute Gasteiger partial charge is 0.396 e. The molecular weight excluding hydrogens is 293 g/mol. The minimum Gasteiger partial charge on any atom is -0.396 e. The van der Waals surface area contributed by atoms with Crippen molar-refractivity contribution < 1.29 is 12.8 Å². The van der Waals surface area contributed by atoms with Crippen LogP contribution in [-0.2, 0) is 10.0 Å². The van der Waals surface area contributed by atoms with Gasteiger partial charge in [0.15, 0.2) is 0 Å². The number of nitriles is 1. The number of anilines is 1. The van der Waals surface area contributed by atoms with E-state index < -0.39 is 21.8 Å². The van der Waals surface area contributed by atoms with Gasteiger partial charge in [-0.05, 0) is 19.1 Å². The number of benzene rings is 1. The van der Waals surface area contributed by atoms with Crippen LogP contribution < -0.4 is 5.73 Å². The van der Waals surface area contributed by atoms with Crippen LogP contribution in [0.5, 0.6) is 0 Å². The summed E-state index contributed by atoms with van der Waals surface area (Å²) >= 11 is 5.73. The number of nitrogen functional groups attached to an aromatic ring is 1. The van der Waals surface area contributed by atoms with Gasteiger partial charge in [-0.15, -0.1) is 0 Å². The van der Waals surface area contributed by atoms with Crippen LogP contribution in [0, 0.1) is 23.1 Å². The maximum absolute atomic E-state index is 13.2. The highest BCUT2D eigenvalue weighted by Crippen LogP contribution is 2.28. The molecule has 0 bridgehead atoms. The van der Waals surface area contributed by atoms with Gasteiger partial charge in [0.05, 0.1) is 22.7 Å². The molecule has 0 aliphatic rings. The lowest BCUT2D eigenvalue weighted by molar-refractivity contribution is 0.439. The van der Waals surface area contributed by atoms with E-state index in [1.54, 1.807) is 6.92 Å². The lowest BCUT2D eigenvalue weighted by atomic mass is 10.2. The van der Waals surface area contributed by atoms with Crippen LogP contribution in [0.2, 0.25) is 5.02 Å². The predicted octanol–water partition coefficient (Wildman–Crippen LogP) is 1.84. The smallest absolute Gasteiger partial charge is 0.244 e. The van der Waals surface area contributed by atoms with E-state index in [1.807, 2.05) is 6.07 Å². The average Bonchev–Trinajstić information content (AvgIpc) is 2.33. The van der Waals surface area contributed by atoms with Crippen molar-refractivity contribution in [3.05, 3.63) is 23.0 Å². The van der Waals surface area contributed by atoms with Crippen LogP contribution in [0.25, 0.3) is 0 Å². The highest BCUT2D eigenvalue weighted by Gasteiger charge is 2.26. The van der Waals surface area contributed by atoms with E-state index in [0.717, 1.165) is 16.4 Å². The number of rotatable bonds is 4. The maximum atomic E-state index is 13.2. The zero-order valence-electron chi connectivity index (χ0n) is 10.4. The fourth-order valence-corrected chi connectivity index (χ4v) is 3.21. The van der Waals surface area contributed by atoms with E-state index in [1.165, 1.54) is 7.05 Å². The predicted molar refractivity (Wildman–Crippen MR) is 70.4 cm³/mol. The first-order valence-corrected chi connectivity index (χ1v) is 7.12. The van der Waals surface area contributed by atoms with Gasteiger partial charge >= 0.3 is 0 Å². The van der Waals surface area contributed by atoms with Gasteiger partial charge in [-0.2, -0.15) is 9.57 Å². The summed E-state index contributed by atoms with van der Waals surface area (Å²) in [7, 11) is -2.59. The highest BCUT2D eigenvalue weighted by molar-refractivity contribution is 7.89. The maximum Gasteiger partial charge on any atom is 0.244 e. The van der Waals surface area contributed by atoms with Gasteiger partial charge in [0.1, 0.15) is 10.7 Å². The molecule has 104 valence electrons. The molecule has 0 amide bonds. The minimum atomic E-state index is -3.91. The first-order chi connectivity index (χ1) is 8.70. The summed E-state index contributed by atoms with van der Waals surface area (Å²) < 4.78 is 38.6. The summed E-state index contributed by atoms with van der Waals surface area (Å²) in [5, 5.41) is 8.44. The van der Waals surface area contributed by atoms with Crippen LogP contribution in [-0.4, -0.2) is 26.3 Å². The number of hydrogen-bond acceptors (Lipinski definition) is 4. The van der Waals surface area contributed by atoms with E-state index in [0.29, 0.717) is 0 Å². The molecule has 1 aromatic rings. The number of sulfonamides is 1. The van der Waals surface area contributed by atoms with Crippen molar-refractivity contribution in [2.45, 2.75) is 11.8 Å². The minimum absolute atomic E-state index is 0.00639. The Kier molecular flexibility index (Phi) is 4.74. The molecule has 0 fully saturated rings. The number of nitrogens with two attached hydrogens (primary N) is 1. The molecule has 0 spiro atoms. The standard InChI is InChI=1S/C11H13ClFN3O2S/c1-7(5-14)6-16(2)19(17,18)11-4-10(15)9(13)3-8(11)12/h3-4,7H,6,15H2,1-2H3. The van der Waals surface area contributed by atoms with Crippen molar-refractivity contribution in [1.29, 1.82) is 5.26 Å². The zero-order valence-corrected chi connectivity index (χ0v) is 12.0. The molecule has 19 heavy (non-hydrogen) atoms. The van der Waals surface area contributed by atoms with Crippen LogP contribution in [0.15, 0.2) is 17.0 Å². The lowest BCUT2D eigenvalue weighted by Gasteiger charge is -2.19. The molecule has 1 atom stereocenters. The molecular formula is C11H13ClFN3O2S. The molecule has 1 unspecified atom stereocenters. The van der Waals surface area contributed by atoms with Crippen LogP contribution in [0.4, 0.5) is 10.1 Å². The Bertz CT molecular complexity index is 628. The Morgan fingerprint density at radius 2 is 2.16 bits per heavy atom. The fraction of sp³-hybridized carbons (Fsp3) is 0.364. The molecule has 0 aliphatic heterocycles. The lowest BCUT2D eigenvalue weighted by Crippen LogP contribution is -2.31. The second kappa shape index (κ2) is 5.74. The third-order valence-electron chi connectivity index (χ3n) is 2.49. The third kappa shape index (κ3) is 3.35. The molecule has 0 saturated carbocycles. The van der Waals surface area contributed by atoms with Crippen molar-refractivity contribution in [2.75, 3.05) is 19.3 Å². The Labute approximate surface area is 116 Å². The Morgan fingerprint density at radius 1 is 1.58 bits per heavy atom. The zero-order chi connectivity index (χ0) is 14.8. The van der Waals surface area contributed by atoms with Gasteiger partial charge in [0, 0.05) is 13.6 Å². The fourth-order valence-electron chi connectivity index (χ4n) is 1.44. The summed E-state index contributed by atoms with van der Waals surface area (Å²) in [6.07, 6.45) is 0. The molecule has 0 heterocycles. The van der Waals surface area contributed by atoms with Crippen molar-refractivity contribution in [3.63, 3.8) is 0 Å². The summed E-state index contributed by atoms with van der Waals surface area (Å²) in [6.45, 7) is 1.60. The summed E-state index contributed by atoms with van der Waals surface area (Å²) in [6, 6.07) is 3.76. The molecule has 0 aliphatic carbocycles. The second-order valence-corrected chi connectivity index (χ2v) is 6.54. The van der Waals surface area contributed by atoms with Gasteiger partial charge in [-0.25, -0.2) is 12.8 Å². The molecule has 0 saturated heterocycles. The second-order valence-electron chi connectivity index (χ2n) is 4.12. The summed E-state index contributed by atoms with van der Waals surface area (Å²) in [5.74, 6) is -1.26. The van der Waals surface area contributed by atoms with Crippen molar-refractivity contribution in [3.8, 4) is 6.07 Å². The Hall–Kier alpha value is -1.36. The van der Waals surface area contributed by atoms with E-state index >= 15 is 0 Å². The average molecular weight is 306 g/mol. The van der Waals surface area contributed by atoms with E-state index in [4.69, 9.17) is 22.6 Å². The van der Waals surface area contributed by atoms with Crippen LogP contribution in [0.3, 0.4) is 0 Å². The van der Waals surface area contributed by atoms with Crippen molar-refractivity contribution >= 4 is 27.3 Å². The topological polar surface area (TPSA) is 87.2 Å². The highest BCUT2D eigenvalue weighted by atomic mass is 35.5. The molecule has 0 radical (unpaired) electrons. The van der Waals surface area contributed by atoms with E-state index in [2.05, 4.69) is 0 Å². The Balaban J connectivity index is 3.21. The SMILES string of the molecule is CC(C#N)CN(C)S(=O)(=O)c1cc(N)c(F)cc1Cl. The van der Waals surface area contributed by atoms with Gasteiger partial charge in [0.25, 0.3) is 0 Å². The van der Waals surface area contributed by atoms with E-state index in [9.17, 15) is 12.8 Å². The van der Waals surface area contributed by atoms with Crippen molar-refractivity contribution in [1.82, 2.24) is 4.31 Å². The molecule has 5 nitrogen and oxygen atoms in total. The summed E-state index contributed by atoms with van der Waals surface area (Å²) in [5.41, 5.74) is 5.04. The van der Waals surface area contributed by atoms with Crippen molar-refractivity contribution in [2.24, 2.45) is 5.92 Å². The number of nitrogens with zero attached hydrogens (tertiary/aromatic N) is 2. The number of hydrogen-bond donors (Lipinski definition) is 1. The first-order valence-electron chi connectivity index (χ1n) is 5.30. The van der Waals surface area contributed by atoms with Gasteiger partial charge in [-0.3, -0.25) is 0 Å². The van der Waals surface area contributed by atoms with Gasteiger partial charge in [0.2, 0.25) is 10.0 Å². The third-order valence-corrected chi connectivity index (χ3v) is 4.78. The molecule has 2 N–H and O–H groups in total. The monoisotopic (exact) mass is 305 g/mol. The molecule has 1 aromatic carbocycles. The summed E-state index contributed by atoms with van der Waals surface area (Å²) in [4.78, 5) is -0.277. The van der Waals surface area contributed by atoms with Gasteiger partial charge in [-0.1, -0.05) is 11.6 Å². The Morgan fingerprint density at radius 3 is 2.68 bits per heavy atom. The normalized spacial score (nSPS) is 13.3. The molecule has 0 aromatic heterocycles. The molecule has 1 rings (SSSR count). The number of halogens is 2.